The highest BCUT2D eigenvalue weighted by Crippen LogP contribution is 2.35. The van der Waals surface area contributed by atoms with Gasteiger partial charge in [-0.25, -0.2) is 4.39 Å². The van der Waals surface area contributed by atoms with Crippen LogP contribution in [-0.4, -0.2) is 5.11 Å². The van der Waals surface area contributed by atoms with Gasteiger partial charge in [0.1, 0.15) is 11.6 Å². The van der Waals surface area contributed by atoms with Crippen LogP contribution in [0, 0.1) is 17.1 Å². The molecule has 0 aliphatic heterocycles. The molecule has 2 atom stereocenters. The number of phenols is 1. The predicted molar refractivity (Wildman–Crippen MR) is 80.9 cm³/mol. The Kier molecular flexibility index (Phi) is 4.82. The number of phenolic OH excluding ortho intramolecular Hbond substituents is 1. The molecule has 2 aromatic carbocycles. The predicted octanol–water partition coefficient (Wildman–Crippen LogP) is 4.99. The van der Waals surface area contributed by atoms with E-state index in [0.717, 1.165) is 5.56 Å². The summed E-state index contributed by atoms with van der Waals surface area (Å²) >= 11 is 5.95. The van der Waals surface area contributed by atoms with Crippen LogP contribution < -0.4 is 0 Å². The second-order valence-electron chi connectivity index (χ2n) is 5.07. The van der Waals surface area contributed by atoms with Crippen LogP contribution in [0.25, 0.3) is 0 Å². The summed E-state index contributed by atoms with van der Waals surface area (Å²) in [5.74, 6) is -0.559. The van der Waals surface area contributed by atoms with Gasteiger partial charge in [-0.05, 0) is 53.8 Å². The molecule has 0 heterocycles. The van der Waals surface area contributed by atoms with Gasteiger partial charge in [0.05, 0.1) is 12.0 Å². The summed E-state index contributed by atoms with van der Waals surface area (Å²) in [6.07, 6.45) is 0.524. The molecule has 0 bridgehead atoms. The van der Waals surface area contributed by atoms with Crippen molar-refractivity contribution in [2.24, 2.45) is 0 Å². The summed E-state index contributed by atoms with van der Waals surface area (Å²) < 4.78 is 12.9. The average Bonchev–Trinajstić information content (AvgIpc) is 2.48. The van der Waals surface area contributed by atoms with Crippen molar-refractivity contribution >= 4 is 11.6 Å². The van der Waals surface area contributed by atoms with Gasteiger partial charge in [0, 0.05) is 5.02 Å². The molecule has 2 rings (SSSR count). The molecule has 0 aliphatic carbocycles. The first kappa shape index (κ1) is 15.3. The van der Waals surface area contributed by atoms with E-state index in [-0.39, 0.29) is 23.4 Å². The third kappa shape index (κ3) is 3.74. The standard InChI is InChI=1S/C17H15ClFNO/c1-11(16-9-14(18)4-7-17(16)21)8-13(10-20)12-2-5-15(19)6-3-12/h2-7,9,11,13,21H,8H2,1H3. The summed E-state index contributed by atoms with van der Waals surface area (Å²) in [6, 6.07) is 13.0. The van der Waals surface area contributed by atoms with Gasteiger partial charge in [-0.2, -0.15) is 5.26 Å². The van der Waals surface area contributed by atoms with Gasteiger partial charge in [-0.1, -0.05) is 30.7 Å². The van der Waals surface area contributed by atoms with Crippen LogP contribution in [-0.2, 0) is 0 Å². The molecule has 0 fully saturated rings. The lowest BCUT2D eigenvalue weighted by Gasteiger charge is -2.17. The van der Waals surface area contributed by atoms with Gasteiger partial charge in [-0.15, -0.1) is 0 Å². The largest absolute Gasteiger partial charge is 0.508 e. The van der Waals surface area contributed by atoms with Crippen molar-refractivity contribution in [2.75, 3.05) is 0 Å². The maximum atomic E-state index is 12.9. The molecular weight excluding hydrogens is 289 g/mol. The monoisotopic (exact) mass is 303 g/mol. The molecule has 0 spiro atoms. The van der Waals surface area contributed by atoms with Gasteiger partial charge < -0.3 is 5.11 Å². The van der Waals surface area contributed by atoms with Crippen LogP contribution >= 0.6 is 11.6 Å². The lowest BCUT2D eigenvalue weighted by atomic mass is 9.86. The minimum Gasteiger partial charge on any atom is -0.508 e. The summed E-state index contributed by atoms with van der Waals surface area (Å²) in [4.78, 5) is 0. The topological polar surface area (TPSA) is 44.0 Å². The van der Waals surface area contributed by atoms with Crippen LogP contribution in [0.5, 0.6) is 5.75 Å². The van der Waals surface area contributed by atoms with Gasteiger partial charge >= 0.3 is 0 Å². The highest BCUT2D eigenvalue weighted by molar-refractivity contribution is 6.30. The van der Waals surface area contributed by atoms with Crippen LogP contribution in [0.1, 0.15) is 36.3 Å². The zero-order valence-corrected chi connectivity index (χ0v) is 12.3. The van der Waals surface area contributed by atoms with Crippen LogP contribution in [0.15, 0.2) is 42.5 Å². The molecule has 2 aromatic rings. The molecule has 0 saturated heterocycles. The van der Waals surface area contributed by atoms with Gasteiger partial charge in [0.25, 0.3) is 0 Å². The molecule has 2 unspecified atom stereocenters. The summed E-state index contributed by atoms with van der Waals surface area (Å²) in [6.45, 7) is 1.93. The van der Waals surface area contributed by atoms with E-state index in [1.54, 1.807) is 30.3 Å². The highest BCUT2D eigenvalue weighted by Gasteiger charge is 2.18. The number of halogens is 2. The van der Waals surface area contributed by atoms with E-state index in [1.165, 1.54) is 12.1 Å². The quantitative estimate of drug-likeness (QED) is 0.865. The fraction of sp³-hybridized carbons (Fsp3) is 0.235. The Morgan fingerprint density at radius 2 is 1.90 bits per heavy atom. The maximum Gasteiger partial charge on any atom is 0.123 e. The number of nitriles is 1. The molecular formula is C17H15ClFNO. The number of aromatic hydroxyl groups is 1. The Balaban J connectivity index is 2.20. The average molecular weight is 304 g/mol. The second-order valence-corrected chi connectivity index (χ2v) is 5.51. The van der Waals surface area contributed by atoms with Gasteiger partial charge in [-0.3, -0.25) is 0 Å². The molecule has 1 N–H and O–H groups in total. The zero-order valence-electron chi connectivity index (χ0n) is 11.6. The number of hydrogen-bond acceptors (Lipinski definition) is 2. The highest BCUT2D eigenvalue weighted by atomic mass is 35.5. The Labute approximate surface area is 128 Å². The van der Waals surface area contributed by atoms with Crippen molar-refractivity contribution in [1.82, 2.24) is 0 Å². The fourth-order valence-corrected chi connectivity index (χ4v) is 2.54. The van der Waals surface area contributed by atoms with Gasteiger partial charge in [0.2, 0.25) is 0 Å². The normalized spacial score (nSPS) is 13.4. The number of nitrogens with zero attached hydrogens (tertiary/aromatic N) is 1. The van der Waals surface area contributed by atoms with Crippen LogP contribution in [0.2, 0.25) is 5.02 Å². The third-order valence-electron chi connectivity index (χ3n) is 3.54. The third-order valence-corrected chi connectivity index (χ3v) is 3.77. The van der Waals surface area contributed by atoms with Gasteiger partial charge in [0.15, 0.2) is 0 Å². The van der Waals surface area contributed by atoms with E-state index in [0.29, 0.717) is 17.0 Å². The summed E-state index contributed by atoms with van der Waals surface area (Å²) in [5.41, 5.74) is 1.48. The molecule has 0 aromatic heterocycles. The molecule has 0 radical (unpaired) electrons. The zero-order chi connectivity index (χ0) is 15.4. The lowest BCUT2D eigenvalue weighted by Crippen LogP contribution is -2.03. The van der Waals surface area contributed by atoms with E-state index in [2.05, 4.69) is 6.07 Å². The molecule has 4 heteroatoms. The first-order valence-corrected chi connectivity index (χ1v) is 7.02. The Bertz CT molecular complexity index is 663. The Morgan fingerprint density at radius 1 is 1.24 bits per heavy atom. The molecule has 108 valence electrons. The maximum absolute atomic E-state index is 12.9. The van der Waals surface area contributed by atoms with Crippen molar-refractivity contribution in [3.8, 4) is 11.8 Å². The van der Waals surface area contributed by atoms with E-state index in [1.807, 2.05) is 6.92 Å². The fourth-order valence-electron chi connectivity index (χ4n) is 2.36. The minimum atomic E-state index is -0.362. The summed E-state index contributed by atoms with van der Waals surface area (Å²) in [7, 11) is 0. The molecule has 0 amide bonds. The van der Waals surface area contributed by atoms with E-state index in [4.69, 9.17) is 11.6 Å². The van der Waals surface area contributed by atoms with Crippen molar-refractivity contribution in [3.05, 3.63) is 64.4 Å². The summed E-state index contributed by atoms with van der Waals surface area (Å²) in [5, 5.41) is 19.8. The Morgan fingerprint density at radius 3 is 2.52 bits per heavy atom. The number of rotatable bonds is 4. The minimum absolute atomic E-state index is 0.0431. The van der Waals surface area contributed by atoms with Crippen LogP contribution in [0.3, 0.4) is 0 Å². The first-order chi connectivity index (χ1) is 10.0. The van der Waals surface area contributed by atoms with Crippen molar-refractivity contribution < 1.29 is 9.50 Å². The lowest BCUT2D eigenvalue weighted by molar-refractivity contribution is 0.459. The first-order valence-electron chi connectivity index (χ1n) is 6.64. The molecule has 0 saturated carbocycles. The molecule has 2 nitrogen and oxygen atoms in total. The molecule has 21 heavy (non-hydrogen) atoms. The van der Waals surface area contributed by atoms with Crippen LogP contribution in [0.4, 0.5) is 4.39 Å². The molecule has 0 aliphatic rings. The van der Waals surface area contributed by atoms with E-state index >= 15 is 0 Å². The van der Waals surface area contributed by atoms with E-state index < -0.39 is 0 Å². The van der Waals surface area contributed by atoms with Crippen molar-refractivity contribution in [2.45, 2.75) is 25.2 Å². The smallest absolute Gasteiger partial charge is 0.123 e. The van der Waals surface area contributed by atoms with Crippen molar-refractivity contribution in [3.63, 3.8) is 0 Å². The SMILES string of the molecule is CC(CC(C#N)c1ccc(F)cc1)c1cc(Cl)ccc1O. The number of benzene rings is 2. The number of hydrogen-bond donors (Lipinski definition) is 1. The Hall–Kier alpha value is -2.05. The van der Waals surface area contributed by atoms with E-state index in [9.17, 15) is 14.8 Å². The van der Waals surface area contributed by atoms with Crippen molar-refractivity contribution in [1.29, 1.82) is 5.26 Å². The second kappa shape index (κ2) is 6.60.